The van der Waals surface area contributed by atoms with Crippen molar-refractivity contribution < 1.29 is 8.83 Å². The van der Waals surface area contributed by atoms with Gasteiger partial charge >= 0.3 is 0 Å². The fourth-order valence-electron chi connectivity index (χ4n) is 8.09. The average molecular weight is 741 g/mol. The van der Waals surface area contributed by atoms with E-state index in [0.717, 1.165) is 66.8 Å². The quantitative estimate of drug-likeness (QED) is 0.176. The summed E-state index contributed by atoms with van der Waals surface area (Å²) >= 11 is 3.70. The van der Waals surface area contributed by atoms with Gasteiger partial charge in [-0.25, -0.2) is 4.98 Å². The van der Waals surface area contributed by atoms with E-state index in [4.69, 9.17) is 13.8 Å². The van der Waals surface area contributed by atoms with Gasteiger partial charge in [0.05, 0.1) is 5.39 Å². The summed E-state index contributed by atoms with van der Waals surface area (Å²) in [6.07, 6.45) is 0. The third-order valence-corrected chi connectivity index (χ3v) is 13.0. The van der Waals surface area contributed by atoms with E-state index in [2.05, 4.69) is 132 Å². The first-order valence-corrected chi connectivity index (χ1v) is 19.9. The molecular weight excluding hydrogens is 713 g/mol. The Labute approximate surface area is 322 Å². The fourth-order valence-corrected chi connectivity index (χ4v) is 10.4. The molecule has 4 nitrogen and oxygen atoms in total. The zero-order valence-corrected chi connectivity index (χ0v) is 30.8. The molecule has 0 aliphatic rings. The molecule has 0 fully saturated rings. The number of thiophene rings is 2. The van der Waals surface area contributed by atoms with Gasteiger partial charge in [0.1, 0.15) is 16.7 Å². The lowest BCUT2D eigenvalue weighted by Gasteiger charge is -2.26. The molecule has 55 heavy (non-hydrogen) atoms. The maximum Gasteiger partial charge on any atom is 0.227 e. The van der Waals surface area contributed by atoms with Crippen molar-refractivity contribution in [3.63, 3.8) is 0 Å². The number of rotatable bonds is 5. The molecule has 0 saturated carbocycles. The smallest absolute Gasteiger partial charge is 0.227 e. The summed E-state index contributed by atoms with van der Waals surface area (Å²) in [5.74, 6) is 0.607. The van der Waals surface area contributed by atoms with Crippen LogP contribution in [-0.4, -0.2) is 4.98 Å². The molecule has 0 aliphatic heterocycles. The molecule has 0 saturated heterocycles. The summed E-state index contributed by atoms with van der Waals surface area (Å²) in [5, 5.41) is 7.19. The largest absolute Gasteiger partial charge is 0.456 e. The number of fused-ring (bicyclic) bond motifs is 11. The van der Waals surface area contributed by atoms with E-state index in [1.54, 1.807) is 0 Å². The van der Waals surface area contributed by atoms with E-state index in [9.17, 15) is 0 Å². The van der Waals surface area contributed by atoms with Crippen LogP contribution in [0.5, 0.6) is 0 Å². The minimum atomic E-state index is 0.607. The minimum Gasteiger partial charge on any atom is -0.456 e. The molecule has 0 spiro atoms. The molecule has 6 heteroatoms. The van der Waals surface area contributed by atoms with E-state index >= 15 is 0 Å². The van der Waals surface area contributed by atoms with Gasteiger partial charge in [-0.3, -0.25) is 0 Å². The second-order valence-corrected chi connectivity index (χ2v) is 16.1. The van der Waals surface area contributed by atoms with Gasteiger partial charge < -0.3 is 13.7 Å². The first kappa shape index (κ1) is 30.7. The van der Waals surface area contributed by atoms with Crippen molar-refractivity contribution in [3.05, 3.63) is 170 Å². The predicted molar refractivity (Wildman–Crippen MR) is 233 cm³/mol. The van der Waals surface area contributed by atoms with Crippen molar-refractivity contribution in [2.24, 2.45) is 0 Å². The first-order valence-electron chi connectivity index (χ1n) is 18.3. The standard InChI is InChI=1S/C49H28N2O2S2/c1-2-8-30(9-3-1)49-50-48-41(53-49)25-24-40-47(48)39-21-16-31(26-42(39)52-40)29-14-17-32(18-15-29)51(33-19-22-37-35-10-4-6-12-43(35)54-45(37)27-33)34-20-23-38-36-11-5-7-13-44(36)55-46(38)28-34/h1-28H. The van der Waals surface area contributed by atoms with Gasteiger partial charge in [-0.15, -0.1) is 22.7 Å². The van der Waals surface area contributed by atoms with Crippen molar-refractivity contribution in [1.82, 2.24) is 4.98 Å². The third-order valence-electron chi connectivity index (χ3n) is 10.7. The Hall–Kier alpha value is -6.73. The highest BCUT2D eigenvalue weighted by Gasteiger charge is 2.19. The highest BCUT2D eigenvalue weighted by molar-refractivity contribution is 7.26. The molecule has 0 unspecified atom stereocenters. The zero-order valence-electron chi connectivity index (χ0n) is 29.2. The van der Waals surface area contributed by atoms with Crippen LogP contribution in [0.25, 0.3) is 96.0 Å². The number of benzene rings is 8. The summed E-state index contributed by atoms with van der Waals surface area (Å²) in [6, 6.07) is 60.4. The average Bonchev–Trinajstić information content (AvgIpc) is 4.02. The molecule has 0 aliphatic carbocycles. The van der Waals surface area contributed by atoms with Crippen LogP contribution in [0, 0.1) is 0 Å². The first-order chi connectivity index (χ1) is 27.2. The topological polar surface area (TPSA) is 42.4 Å². The molecule has 12 rings (SSSR count). The number of nitrogens with zero attached hydrogens (tertiary/aromatic N) is 2. The van der Waals surface area contributed by atoms with Gasteiger partial charge in [0.2, 0.25) is 5.89 Å². The summed E-state index contributed by atoms with van der Waals surface area (Å²) in [5.41, 5.74) is 9.69. The Morgan fingerprint density at radius 2 is 0.945 bits per heavy atom. The molecule has 8 aromatic carbocycles. The number of hydrogen-bond acceptors (Lipinski definition) is 6. The van der Waals surface area contributed by atoms with E-state index in [-0.39, 0.29) is 0 Å². The third kappa shape index (κ3) is 4.85. The highest BCUT2D eigenvalue weighted by atomic mass is 32.1. The monoisotopic (exact) mass is 740 g/mol. The van der Waals surface area contributed by atoms with Gasteiger partial charge in [-0.1, -0.05) is 84.9 Å². The molecule has 0 bridgehead atoms. The molecule has 0 amide bonds. The van der Waals surface area contributed by atoms with Crippen molar-refractivity contribution in [1.29, 1.82) is 0 Å². The zero-order chi connectivity index (χ0) is 36.0. The molecule has 0 radical (unpaired) electrons. The van der Waals surface area contributed by atoms with Crippen LogP contribution >= 0.6 is 22.7 Å². The Kier molecular flexibility index (Phi) is 6.64. The normalized spacial score (nSPS) is 12.0. The van der Waals surface area contributed by atoms with Crippen LogP contribution in [0.1, 0.15) is 0 Å². The van der Waals surface area contributed by atoms with E-state index in [1.165, 1.54) is 40.3 Å². The van der Waals surface area contributed by atoms with Crippen LogP contribution in [-0.2, 0) is 0 Å². The Morgan fingerprint density at radius 1 is 0.382 bits per heavy atom. The second-order valence-electron chi connectivity index (χ2n) is 13.9. The number of aromatic nitrogens is 1. The van der Waals surface area contributed by atoms with Gasteiger partial charge in [0, 0.05) is 68.4 Å². The van der Waals surface area contributed by atoms with E-state index in [1.807, 2.05) is 65.1 Å². The van der Waals surface area contributed by atoms with E-state index < -0.39 is 0 Å². The lowest BCUT2D eigenvalue weighted by Crippen LogP contribution is -2.09. The Bertz CT molecular complexity index is 3330. The van der Waals surface area contributed by atoms with Crippen molar-refractivity contribution in [2.75, 3.05) is 4.90 Å². The molecule has 0 N–H and O–H groups in total. The maximum absolute atomic E-state index is 6.44. The van der Waals surface area contributed by atoms with Gasteiger partial charge in [0.25, 0.3) is 0 Å². The Balaban J connectivity index is 0.956. The van der Waals surface area contributed by atoms with Crippen LogP contribution < -0.4 is 4.90 Å². The van der Waals surface area contributed by atoms with Gasteiger partial charge in [-0.05, 0) is 96.1 Å². The Morgan fingerprint density at radius 3 is 1.64 bits per heavy atom. The van der Waals surface area contributed by atoms with Crippen LogP contribution in [0.2, 0.25) is 0 Å². The predicted octanol–water partition coefficient (Wildman–Crippen LogP) is 15.3. The summed E-state index contributed by atoms with van der Waals surface area (Å²) in [4.78, 5) is 7.30. The van der Waals surface area contributed by atoms with Crippen LogP contribution in [0.4, 0.5) is 17.1 Å². The molecule has 258 valence electrons. The lowest BCUT2D eigenvalue weighted by atomic mass is 10.0. The minimum absolute atomic E-state index is 0.607. The van der Waals surface area contributed by atoms with Crippen molar-refractivity contribution in [2.45, 2.75) is 0 Å². The molecular formula is C49H28N2O2S2. The van der Waals surface area contributed by atoms with Gasteiger partial charge in [0.15, 0.2) is 5.58 Å². The van der Waals surface area contributed by atoms with Crippen LogP contribution in [0.15, 0.2) is 179 Å². The van der Waals surface area contributed by atoms with Crippen molar-refractivity contribution in [3.8, 4) is 22.6 Å². The summed E-state index contributed by atoms with van der Waals surface area (Å²) in [7, 11) is 0. The fraction of sp³-hybridized carbons (Fsp3) is 0. The molecule has 12 aromatic rings. The summed E-state index contributed by atoms with van der Waals surface area (Å²) in [6.45, 7) is 0. The number of anilines is 3. The molecule has 0 atom stereocenters. The molecule has 4 heterocycles. The number of oxazole rings is 1. The lowest BCUT2D eigenvalue weighted by molar-refractivity contribution is 0.619. The molecule has 4 aromatic heterocycles. The maximum atomic E-state index is 6.44. The second kappa shape index (κ2) is 11.9. The van der Waals surface area contributed by atoms with E-state index in [0.29, 0.717) is 5.89 Å². The summed E-state index contributed by atoms with van der Waals surface area (Å²) < 4.78 is 17.8. The van der Waals surface area contributed by atoms with Crippen molar-refractivity contribution >= 4 is 113 Å². The number of furan rings is 1. The SMILES string of the molecule is c1ccc(-c2nc3c(ccc4oc5cc(-c6ccc(N(c7ccc8c(c7)sc7ccccc78)c7ccc8c(c7)sc7ccccc78)cc6)ccc5c43)o2)cc1. The van der Waals surface area contributed by atoms with Gasteiger partial charge in [-0.2, -0.15) is 0 Å². The highest BCUT2D eigenvalue weighted by Crippen LogP contribution is 2.44. The number of hydrogen-bond donors (Lipinski definition) is 0. The van der Waals surface area contributed by atoms with Crippen LogP contribution in [0.3, 0.4) is 0 Å².